The van der Waals surface area contributed by atoms with Crippen molar-refractivity contribution in [2.75, 3.05) is 40.9 Å². The molecule has 0 saturated heterocycles. The second-order valence-electron chi connectivity index (χ2n) is 16.0. The summed E-state index contributed by atoms with van der Waals surface area (Å²) >= 11 is 0. The van der Waals surface area contributed by atoms with E-state index in [0.29, 0.717) is 17.4 Å². The SMILES string of the molecule is CCCCCCCCCC/C=C/CC/C=C/C(O)C(COP(=O)([O-])OCC[N+](C)(C)C)NC(=O)CCCCCCCCCCCCCCCCCC. The molecular weight excluding hydrogens is 671 g/mol. The quantitative estimate of drug-likeness (QED) is 0.0280. The molecule has 1 amide bonds. The van der Waals surface area contributed by atoms with Crippen LogP contribution in [0.5, 0.6) is 0 Å². The van der Waals surface area contributed by atoms with Crippen LogP contribution in [0.2, 0.25) is 0 Å². The Kier molecular flexibility index (Phi) is 35.0. The van der Waals surface area contributed by atoms with E-state index < -0.39 is 20.0 Å². The molecule has 0 aliphatic heterocycles. The van der Waals surface area contributed by atoms with E-state index in [4.69, 9.17) is 9.05 Å². The molecule has 9 heteroatoms. The molecular formula is C43H85N2O6P. The van der Waals surface area contributed by atoms with Gasteiger partial charge in [-0.2, -0.15) is 0 Å². The number of quaternary nitrogens is 1. The molecule has 0 aromatic rings. The van der Waals surface area contributed by atoms with Crippen molar-refractivity contribution in [3.8, 4) is 0 Å². The van der Waals surface area contributed by atoms with Crippen LogP contribution in [0.4, 0.5) is 0 Å². The first kappa shape index (κ1) is 51.0. The highest BCUT2D eigenvalue weighted by Gasteiger charge is 2.23. The average molecular weight is 757 g/mol. The number of rotatable bonds is 39. The van der Waals surface area contributed by atoms with Crippen LogP contribution in [0.25, 0.3) is 0 Å². The topological polar surface area (TPSA) is 108 Å². The first-order valence-corrected chi connectivity index (χ1v) is 23.2. The van der Waals surface area contributed by atoms with E-state index in [1.165, 1.54) is 135 Å². The number of carbonyl (C=O) groups excluding carboxylic acids is 1. The lowest BCUT2D eigenvalue weighted by molar-refractivity contribution is -0.870. The lowest BCUT2D eigenvalue weighted by Crippen LogP contribution is -2.45. The second-order valence-corrected chi connectivity index (χ2v) is 17.5. The molecule has 0 aromatic carbocycles. The van der Waals surface area contributed by atoms with Crippen LogP contribution >= 0.6 is 7.82 Å². The molecule has 0 fully saturated rings. The molecule has 2 N–H and O–H groups in total. The summed E-state index contributed by atoms with van der Waals surface area (Å²) in [7, 11) is 1.25. The van der Waals surface area contributed by atoms with Crippen LogP contribution in [0.3, 0.4) is 0 Å². The number of allylic oxidation sites excluding steroid dienone is 3. The molecule has 0 aromatic heterocycles. The highest BCUT2D eigenvalue weighted by molar-refractivity contribution is 7.45. The van der Waals surface area contributed by atoms with Crippen LogP contribution in [-0.2, 0) is 18.4 Å². The van der Waals surface area contributed by atoms with Crippen LogP contribution in [0.1, 0.15) is 194 Å². The Hall–Kier alpha value is -1.02. The summed E-state index contributed by atoms with van der Waals surface area (Å²) in [6.07, 6.45) is 40.8. The third kappa shape index (κ3) is 37.3. The summed E-state index contributed by atoms with van der Waals surface area (Å²) in [5.74, 6) is -0.206. The highest BCUT2D eigenvalue weighted by Crippen LogP contribution is 2.38. The van der Waals surface area contributed by atoms with Gasteiger partial charge in [0, 0.05) is 6.42 Å². The van der Waals surface area contributed by atoms with E-state index >= 15 is 0 Å². The molecule has 0 aliphatic carbocycles. The number of aliphatic hydroxyl groups is 1. The van der Waals surface area contributed by atoms with E-state index in [-0.39, 0.29) is 19.1 Å². The minimum absolute atomic E-state index is 0.00439. The van der Waals surface area contributed by atoms with Crippen LogP contribution < -0.4 is 10.2 Å². The zero-order chi connectivity index (χ0) is 38.6. The molecule has 0 rings (SSSR count). The van der Waals surface area contributed by atoms with E-state index in [1.54, 1.807) is 6.08 Å². The number of aliphatic hydroxyl groups excluding tert-OH is 1. The number of phosphoric acid groups is 1. The minimum atomic E-state index is -4.59. The van der Waals surface area contributed by atoms with Gasteiger partial charge in [0.1, 0.15) is 13.2 Å². The van der Waals surface area contributed by atoms with Gasteiger partial charge in [-0.15, -0.1) is 0 Å². The molecule has 3 atom stereocenters. The third-order valence-electron chi connectivity index (χ3n) is 9.66. The number of nitrogens with zero attached hydrogens (tertiary/aromatic N) is 1. The van der Waals surface area contributed by atoms with Gasteiger partial charge in [0.05, 0.1) is 39.9 Å². The van der Waals surface area contributed by atoms with Crippen molar-refractivity contribution in [3.63, 3.8) is 0 Å². The Morgan fingerprint density at radius 2 is 1.08 bits per heavy atom. The van der Waals surface area contributed by atoms with Gasteiger partial charge < -0.3 is 28.8 Å². The maximum absolute atomic E-state index is 12.8. The fourth-order valence-electron chi connectivity index (χ4n) is 6.17. The molecule has 3 unspecified atom stereocenters. The molecule has 0 heterocycles. The number of phosphoric ester groups is 1. The van der Waals surface area contributed by atoms with Crippen molar-refractivity contribution in [3.05, 3.63) is 24.3 Å². The van der Waals surface area contributed by atoms with Gasteiger partial charge in [-0.25, -0.2) is 0 Å². The Balaban J connectivity index is 4.47. The molecule has 308 valence electrons. The number of hydrogen-bond acceptors (Lipinski definition) is 6. The minimum Gasteiger partial charge on any atom is -0.756 e. The normalized spacial score (nSPS) is 14.7. The lowest BCUT2D eigenvalue weighted by atomic mass is 10.0. The fraction of sp³-hybridized carbons (Fsp3) is 0.884. The van der Waals surface area contributed by atoms with Gasteiger partial charge in [-0.3, -0.25) is 9.36 Å². The zero-order valence-electron chi connectivity index (χ0n) is 34.8. The largest absolute Gasteiger partial charge is 0.756 e. The number of unbranched alkanes of at least 4 members (excludes halogenated alkanes) is 24. The average Bonchev–Trinajstić information content (AvgIpc) is 3.09. The monoisotopic (exact) mass is 757 g/mol. The highest BCUT2D eigenvalue weighted by atomic mass is 31.2. The van der Waals surface area contributed by atoms with Gasteiger partial charge in [-0.05, 0) is 32.1 Å². The Morgan fingerprint density at radius 3 is 1.56 bits per heavy atom. The van der Waals surface area contributed by atoms with Gasteiger partial charge >= 0.3 is 0 Å². The lowest BCUT2D eigenvalue weighted by Gasteiger charge is -2.29. The molecule has 0 aliphatic rings. The van der Waals surface area contributed by atoms with Gasteiger partial charge in [-0.1, -0.05) is 179 Å². The molecule has 52 heavy (non-hydrogen) atoms. The summed E-state index contributed by atoms with van der Waals surface area (Å²) in [6.45, 7) is 4.62. The van der Waals surface area contributed by atoms with Crippen LogP contribution in [0, 0.1) is 0 Å². The van der Waals surface area contributed by atoms with E-state index in [9.17, 15) is 19.4 Å². The van der Waals surface area contributed by atoms with Crippen molar-refractivity contribution < 1.29 is 32.9 Å². The summed E-state index contributed by atoms with van der Waals surface area (Å²) in [5.41, 5.74) is 0. The molecule has 8 nitrogen and oxygen atoms in total. The predicted octanol–water partition coefficient (Wildman–Crippen LogP) is 11.1. The van der Waals surface area contributed by atoms with E-state index in [0.717, 1.165) is 38.5 Å². The Bertz CT molecular complexity index is 907. The summed E-state index contributed by atoms with van der Waals surface area (Å²) in [6, 6.07) is -0.897. The standard InChI is InChI=1S/C43H85N2O6P/c1-6-8-10-12-14-16-18-20-22-23-25-27-29-31-33-35-37-43(47)44-41(40-51-52(48,49)50-39-38-45(3,4)5)42(46)36-34-32-30-28-26-24-21-19-17-15-13-11-9-7-2/h26,28,34,36,41-42,46H,6-25,27,29-33,35,37-40H2,1-5H3,(H-,44,47,48,49)/b28-26+,36-34+. The van der Waals surface area contributed by atoms with Gasteiger partial charge in [0.25, 0.3) is 7.82 Å². The number of hydrogen-bond donors (Lipinski definition) is 2. The molecule has 0 bridgehead atoms. The van der Waals surface area contributed by atoms with E-state index in [1.807, 2.05) is 27.2 Å². The van der Waals surface area contributed by atoms with Crippen molar-refractivity contribution in [1.29, 1.82) is 0 Å². The van der Waals surface area contributed by atoms with Gasteiger partial charge in [0.2, 0.25) is 5.91 Å². The summed E-state index contributed by atoms with van der Waals surface area (Å²) in [4.78, 5) is 25.2. The molecule has 0 saturated carbocycles. The Labute approximate surface area is 322 Å². The van der Waals surface area contributed by atoms with Crippen molar-refractivity contribution >= 4 is 13.7 Å². The summed E-state index contributed by atoms with van der Waals surface area (Å²) < 4.78 is 23.1. The number of amides is 1. The van der Waals surface area contributed by atoms with Crippen molar-refractivity contribution in [2.45, 2.75) is 206 Å². The number of carbonyl (C=O) groups is 1. The number of likely N-dealkylation sites (N-methyl/N-ethyl adjacent to an activating group) is 1. The van der Waals surface area contributed by atoms with Crippen molar-refractivity contribution in [1.82, 2.24) is 5.32 Å². The maximum Gasteiger partial charge on any atom is 0.268 e. The van der Waals surface area contributed by atoms with Gasteiger partial charge in [0.15, 0.2) is 0 Å². The van der Waals surface area contributed by atoms with E-state index in [2.05, 4.69) is 31.3 Å². The van der Waals surface area contributed by atoms with Crippen LogP contribution in [-0.4, -0.2) is 68.5 Å². The zero-order valence-corrected chi connectivity index (χ0v) is 35.7. The summed E-state index contributed by atoms with van der Waals surface area (Å²) in [5, 5.41) is 13.7. The predicted molar refractivity (Wildman–Crippen MR) is 219 cm³/mol. The maximum atomic E-state index is 12.8. The smallest absolute Gasteiger partial charge is 0.268 e. The van der Waals surface area contributed by atoms with Crippen LogP contribution in [0.15, 0.2) is 24.3 Å². The molecule has 0 spiro atoms. The van der Waals surface area contributed by atoms with Crippen molar-refractivity contribution in [2.24, 2.45) is 0 Å². The number of nitrogens with one attached hydrogen (secondary N) is 1. The fourth-order valence-corrected chi connectivity index (χ4v) is 6.89. The third-order valence-corrected chi connectivity index (χ3v) is 10.6. The first-order chi connectivity index (χ1) is 25.0. The first-order valence-electron chi connectivity index (χ1n) is 21.7. The molecule has 0 radical (unpaired) electrons. The Morgan fingerprint density at radius 1 is 0.654 bits per heavy atom. The second kappa shape index (κ2) is 35.7.